The quantitative estimate of drug-likeness (QED) is 0.128. The summed E-state index contributed by atoms with van der Waals surface area (Å²) in [6, 6.07) is 0. The molecular formula is C15F34O3Si. The highest BCUT2D eigenvalue weighted by Crippen LogP contribution is 2.63. The molecule has 38 heteroatoms. The van der Waals surface area contributed by atoms with E-state index in [1.165, 1.54) is 0 Å². The van der Waals surface area contributed by atoms with E-state index in [1.54, 1.807) is 0 Å². The van der Waals surface area contributed by atoms with Crippen LogP contribution in [0.1, 0.15) is 0 Å². The molecule has 0 heterocycles. The molecule has 0 aromatic heterocycles. The molecule has 0 fully saturated rings. The maximum Gasteiger partial charge on any atom is 0.595 e. The number of hydrogen-bond acceptors (Lipinski definition) is 3. The van der Waals surface area contributed by atoms with Crippen molar-refractivity contribution in [3.8, 4) is 0 Å². The Morgan fingerprint density at radius 1 is 0.208 bits per heavy atom. The summed E-state index contributed by atoms with van der Waals surface area (Å²) in [4.78, 5) is 0. The van der Waals surface area contributed by atoms with Crippen molar-refractivity contribution in [1.82, 2.24) is 0 Å². The summed E-state index contributed by atoms with van der Waals surface area (Å²) in [5, 5.41) is 0. The van der Waals surface area contributed by atoms with Crippen LogP contribution in [0.4, 0.5) is 149 Å². The Kier molecular flexibility index (Phi) is 12.1. The zero-order valence-electron chi connectivity index (χ0n) is 22.1. The molecule has 0 aliphatic carbocycles. The molecule has 3 nitrogen and oxygen atoms in total. The summed E-state index contributed by atoms with van der Waals surface area (Å²) < 4.78 is 453. The fourth-order valence-electron chi connectivity index (χ4n) is 2.41. The highest BCUT2D eigenvalue weighted by molar-refractivity contribution is 6.64. The number of rotatable bonds is 14. The third-order valence-electron chi connectivity index (χ3n) is 5.27. The largest absolute Gasteiger partial charge is 0.595 e. The first-order valence-electron chi connectivity index (χ1n) is 10.7. The van der Waals surface area contributed by atoms with Gasteiger partial charge >= 0.3 is 98.8 Å². The predicted octanol–water partition coefficient (Wildman–Crippen LogP) is 10.6. The minimum Gasteiger partial charge on any atom is -0.304 e. The first-order valence-corrected chi connectivity index (χ1v) is 12.4. The van der Waals surface area contributed by atoms with E-state index in [0.29, 0.717) is 0 Å². The third-order valence-corrected chi connectivity index (χ3v) is 7.93. The summed E-state index contributed by atoms with van der Waals surface area (Å²) in [6.07, 6.45) is -63.4. The number of hydrogen-bond donors (Lipinski definition) is 0. The molecule has 53 heavy (non-hydrogen) atoms. The Bertz CT molecular complexity index is 1170. The molecule has 0 N–H and O–H groups in total. The summed E-state index contributed by atoms with van der Waals surface area (Å²) in [5.41, 5.74) is -10.0. The van der Waals surface area contributed by atoms with Crippen LogP contribution in [0.25, 0.3) is 0 Å². The Hall–Kier alpha value is -2.28. The second-order valence-electron chi connectivity index (χ2n) is 9.00. The number of halogens is 34. The van der Waals surface area contributed by atoms with Crippen molar-refractivity contribution < 1.29 is 163 Å². The van der Waals surface area contributed by atoms with Crippen LogP contribution in [0.3, 0.4) is 0 Å². The highest BCUT2D eigenvalue weighted by Gasteiger charge is 2.96. The monoisotopic (exact) mass is 902 g/mol. The van der Waals surface area contributed by atoms with Crippen molar-refractivity contribution in [1.29, 1.82) is 0 Å². The fraction of sp³-hybridized carbons (Fsp3) is 1.00. The van der Waals surface area contributed by atoms with Crippen molar-refractivity contribution in [3.63, 3.8) is 0 Å². The van der Waals surface area contributed by atoms with E-state index in [0.717, 1.165) is 13.3 Å². The molecule has 0 amide bonds. The summed E-state index contributed by atoms with van der Waals surface area (Å²) >= 11 is 0. The molecule has 0 bridgehead atoms. The molecule has 0 aromatic rings. The van der Waals surface area contributed by atoms with Crippen LogP contribution < -0.4 is 0 Å². The highest BCUT2D eigenvalue weighted by atomic mass is 28.4. The van der Waals surface area contributed by atoms with Gasteiger partial charge in [-0.05, 0) is 0 Å². The van der Waals surface area contributed by atoms with Crippen LogP contribution in [0.5, 0.6) is 0 Å². The summed E-state index contributed by atoms with van der Waals surface area (Å²) in [7, 11) is -12.5. The normalized spacial score (nSPS) is 17.1. The number of alkyl halides is 34. The van der Waals surface area contributed by atoms with E-state index in [2.05, 4.69) is 0 Å². The van der Waals surface area contributed by atoms with Gasteiger partial charge in [0.15, 0.2) is 0 Å². The third kappa shape index (κ3) is 7.40. The summed E-state index contributed by atoms with van der Waals surface area (Å²) in [5.74, 6) is -65.1. The van der Waals surface area contributed by atoms with Crippen molar-refractivity contribution in [2.24, 2.45) is 0 Å². The van der Waals surface area contributed by atoms with Gasteiger partial charge < -0.3 is 13.3 Å². The van der Waals surface area contributed by atoms with Crippen LogP contribution in [-0.4, -0.2) is 98.8 Å². The van der Waals surface area contributed by atoms with Crippen LogP contribution in [0, 0.1) is 0 Å². The lowest BCUT2D eigenvalue weighted by atomic mass is 10.1. The van der Waals surface area contributed by atoms with Gasteiger partial charge in [0.2, 0.25) is 0 Å². The van der Waals surface area contributed by atoms with Gasteiger partial charge in [-0.1, -0.05) is 0 Å². The smallest absolute Gasteiger partial charge is 0.304 e. The van der Waals surface area contributed by atoms with E-state index < -0.39 is 98.8 Å². The molecule has 0 unspecified atom stereocenters. The molecule has 0 aliphatic rings. The molecule has 0 aliphatic heterocycles. The lowest BCUT2D eigenvalue weighted by Crippen LogP contribution is -2.79. The van der Waals surface area contributed by atoms with E-state index in [9.17, 15) is 149 Å². The Balaban J connectivity index is 9.03. The van der Waals surface area contributed by atoms with E-state index >= 15 is 0 Å². The second kappa shape index (κ2) is 12.6. The van der Waals surface area contributed by atoms with Gasteiger partial charge in [0.05, 0.1) is 0 Å². The van der Waals surface area contributed by atoms with Crippen LogP contribution in [0.2, 0.25) is 0 Å². The zero-order valence-corrected chi connectivity index (χ0v) is 23.1. The average molecular weight is 902 g/mol. The molecule has 0 saturated carbocycles. The molecule has 0 rings (SSSR count). The molecule has 320 valence electrons. The predicted molar refractivity (Wildman–Crippen MR) is 87.6 cm³/mol. The molecule has 0 saturated heterocycles. The second-order valence-corrected chi connectivity index (χ2v) is 11.4. The van der Waals surface area contributed by atoms with Gasteiger partial charge in [0.1, 0.15) is 0 Å². The van der Waals surface area contributed by atoms with E-state index in [1.807, 2.05) is 0 Å². The van der Waals surface area contributed by atoms with Crippen molar-refractivity contribution in [3.05, 3.63) is 0 Å². The Morgan fingerprint density at radius 3 is 0.491 bits per heavy atom. The van der Waals surface area contributed by atoms with Gasteiger partial charge in [-0.15, -0.1) is 0 Å². The van der Waals surface area contributed by atoms with Crippen molar-refractivity contribution in [2.45, 2.75) is 90.0 Å². The van der Waals surface area contributed by atoms with Gasteiger partial charge in [0.25, 0.3) is 0 Å². The minimum atomic E-state index is -12.5. The maximum absolute atomic E-state index is 14.6. The van der Waals surface area contributed by atoms with Gasteiger partial charge in [0, 0.05) is 0 Å². The van der Waals surface area contributed by atoms with Crippen molar-refractivity contribution in [2.75, 3.05) is 0 Å². The van der Waals surface area contributed by atoms with Gasteiger partial charge in [-0.2, -0.15) is 149 Å². The average Bonchev–Trinajstić information content (AvgIpc) is 2.84. The van der Waals surface area contributed by atoms with Crippen LogP contribution >= 0.6 is 0 Å². The standard InChI is InChI=1S/C15F34O3Si/c16-1(17,8(30,31)32)4(22,23)12(42,43)50-53(15(48,49)7(28,29)11(39,40)41,51-13(44,45)5(24,25)2(18,19)9(33,34)35)52-14(46,47)6(26,27)3(20,21)10(36,37)38. The summed E-state index contributed by atoms with van der Waals surface area (Å²) in [6.45, 7) is 0. The SMILES string of the molecule is FC(F)(F)C(F)(F)C(F)(F)C(F)(F)O[Si](OC(F)(F)C(F)(F)C(F)(F)C(F)(F)F)(OC(F)(F)C(F)(F)C(F)(F)C(F)(F)F)C(F)(F)C(F)(F)C(F)(F)F. The topological polar surface area (TPSA) is 27.7 Å². The minimum absolute atomic E-state index is 0.799. The first-order chi connectivity index (χ1) is 22.1. The lowest BCUT2D eigenvalue weighted by Gasteiger charge is -2.46. The fourth-order valence-corrected chi connectivity index (χ4v) is 4.84. The van der Waals surface area contributed by atoms with Gasteiger partial charge in [-0.3, -0.25) is 0 Å². The van der Waals surface area contributed by atoms with E-state index in [4.69, 9.17) is 0 Å². The van der Waals surface area contributed by atoms with Gasteiger partial charge in [-0.25, -0.2) is 0 Å². The molecule has 0 spiro atoms. The van der Waals surface area contributed by atoms with E-state index in [-0.39, 0.29) is 0 Å². The Morgan fingerprint density at radius 2 is 0.358 bits per heavy atom. The first kappa shape index (κ1) is 50.7. The lowest BCUT2D eigenvalue weighted by molar-refractivity contribution is -0.470. The van der Waals surface area contributed by atoms with Crippen molar-refractivity contribution >= 4 is 8.80 Å². The Labute approximate surface area is 263 Å². The molecule has 0 atom stereocenters. The maximum atomic E-state index is 14.6. The molecule has 0 aromatic carbocycles. The van der Waals surface area contributed by atoms with Crippen LogP contribution in [0.15, 0.2) is 0 Å². The molecular weight excluding hydrogens is 902 g/mol. The molecule has 0 radical (unpaired) electrons. The van der Waals surface area contributed by atoms with Crippen LogP contribution in [-0.2, 0) is 13.3 Å². The zero-order chi connectivity index (χ0) is 44.1.